The fourth-order valence-corrected chi connectivity index (χ4v) is 1.72. The van der Waals surface area contributed by atoms with E-state index >= 15 is 0 Å². The number of amides is 1. The molecule has 2 aromatic carbocycles. The molecule has 1 amide bonds. The van der Waals surface area contributed by atoms with Gasteiger partial charge in [0.1, 0.15) is 5.75 Å². The topological polar surface area (TPSA) is 40.5 Å². The molecule has 0 aliphatic carbocycles. The summed E-state index contributed by atoms with van der Waals surface area (Å²) in [4.78, 5) is 12.4. The molecule has 2 aromatic rings. The molecule has 0 spiro atoms. The van der Waals surface area contributed by atoms with Gasteiger partial charge in [0.15, 0.2) is 0 Å². The third-order valence-corrected chi connectivity index (χ3v) is 2.62. The van der Waals surface area contributed by atoms with Crippen molar-refractivity contribution in [1.82, 2.24) is 0 Å². The summed E-state index contributed by atoms with van der Waals surface area (Å²) in [6.45, 7) is 0. The second-order valence-electron chi connectivity index (χ2n) is 3.78. The lowest BCUT2D eigenvalue weighted by Crippen LogP contribution is -2.14. The number of rotatable bonds is 3. The Morgan fingerprint density at radius 2 is 1.71 bits per heavy atom. The van der Waals surface area contributed by atoms with Crippen molar-refractivity contribution in [2.45, 2.75) is 0 Å². The Balaban J connectivity index is 2.51. The molecule has 0 aliphatic rings. The van der Waals surface area contributed by atoms with Gasteiger partial charge in [-0.3, -0.25) is 4.79 Å². The molecule has 0 fully saturated rings. The van der Waals surface area contributed by atoms with Crippen LogP contribution in [-0.2, 0) is 4.79 Å². The minimum atomic E-state index is 0.231. The van der Waals surface area contributed by atoms with Gasteiger partial charge in [-0.15, -0.1) is 0 Å². The molecule has 86 valence electrons. The van der Waals surface area contributed by atoms with Gasteiger partial charge in [0, 0.05) is 12.6 Å². The molecule has 2 rings (SSSR count). The fourth-order valence-electron chi connectivity index (χ4n) is 1.72. The second-order valence-corrected chi connectivity index (χ2v) is 3.78. The fraction of sp³-hybridized carbons (Fsp3) is 0.0714. The number of phenols is 1. The minimum absolute atomic E-state index is 0.231. The molecule has 0 atom stereocenters. The molecular weight excluding hydrogens is 214 g/mol. The highest BCUT2D eigenvalue weighted by atomic mass is 16.3. The molecule has 0 unspecified atom stereocenters. The van der Waals surface area contributed by atoms with Crippen LogP contribution < -0.4 is 4.90 Å². The minimum Gasteiger partial charge on any atom is -0.508 e. The number of carbonyl (C=O) groups is 1. The number of para-hydroxylation sites is 1. The largest absolute Gasteiger partial charge is 0.508 e. The Hall–Kier alpha value is -2.29. The zero-order chi connectivity index (χ0) is 12.3. The molecule has 0 radical (unpaired) electrons. The van der Waals surface area contributed by atoms with Crippen LogP contribution in [0.2, 0.25) is 0 Å². The summed E-state index contributed by atoms with van der Waals surface area (Å²) in [5, 5.41) is 9.26. The van der Waals surface area contributed by atoms with Gasteiger partial charge in [-0.2, -0.15) is 0 Å². The van der Waals surface area contributed by atoms with Gasteiger partial charge in [-0.25, -0.2) is 0 Å². The number of aromatic hydroxyl groups is 1. The lowest BCUT2D eigenvalue weighted by atomic mass is 10.0. The third-order valence-electron chi connectivity index (χ3n) is 2.62. The summed E-state index contributed by atoms with van der Waals surface area (Å²) in [5.74, 6) is 0.231. The Kier molecular flexibility index (Phi) is 3.10. The van der Waals surface area contributed by atoms with E-state index in [-0.39, 0.29) is 5.75 Å². The Bertz CT molecular complexity index is 520. The molecule has 0 saturated heterocycles. The molecule has 0 heterocycles. The molecule has 0 saturated carbocycles. The summed E-state index contributed by atoms with van der Waals surface area (Å²) in [6, 6.07) is 14.6. The van der Waals surface area contributed by atoms with Gasteiger partial charge in [-0.1, -0.05) is 30.3 Å². The summed E-state index contributed by atoms with van der Waals surface area (Å²) >= 11 is 0. The normalized spacial score (nSPS) is 9.94. The number of phenolic OH excluding ortho intramolecular Hbond substituents is 1. The van der Waals surface area contributed by atoms with Gasteiger partial charge in [0.25, 0.3) is 0 Å². The van der Waals surface area contributed by atoms with Gasteiger partial charge in [0.05, 0.1) is 5.69 Å². The van der Waals surface area contributed by atoms with Crippen molar-refractivity contribution in [2.75, 3.05) is 11.9 Å². The molecular formula is C14H13NO2. The lowest BCUT2D eigenvalue weighted by molar-refractivity contribution is -0.107. The predicted molar refractivity (Wildman–Crippen MR) is 68.0 cm³/mol. The first kappa shape index (κ1) is 11.2. The van der Waals surface area contributed by atoms with E-state index in [9.17, 15) is 9.90 Å². The van der Waals surface area contributed by atoms with E-state index in [0.717, 1.165) is 23.2 Å². The quantitative estimate of drug-likeness (QED) is 0.819. The van der Waals surface area contributed by atoms with E-state index in [2.05, 4.69) is 0 Å². The smallest absolute Gasteiger partial charge is 0.213 e. The summed E-state index contributed by atoms with van der Waals surface area (Å²) < 4.78 is 0. The Morgan fingerprint density at radius 1 is 1.06 bits per heavy atom. The van der Waals surface area contributed by atoms with E-state index in [1.165, 1.54) is 4.90 Å². The molecule has 1 N–H and O–H groups in total. The number of carbonyl (C=O) groups excluding carboxylic acids is 1. The zero-order valence-corrected chi connectivity index (χ0v) is 9.50. The molecule has 3 heteroatoms. The second kappa shape index (κ2) is 4.70. The van der Waals surface area contributed by atoms with Crippen molar-refractivity contribution in [2.24, 2.45) is 0 Å². The maximum Gasteiger partial charge on any atom is 0.213 e. The van der Waals surface area contributed by atoms with Crippen molar-refractivity contribution < 1.29 is 9.90 Å². The summed E-state index contributed by atoms with van der Waals surface area (Å²) in [5.41, 5.74) is 2.77. The number of hydrogen-bond donors (Lipinski definition) is 1. The first-order chi connectivity index (χ1) is 8.22. The molecule has 3 nitrogen and oxygen atoms in total. The number of anilines is 1. The van der Waals surface area contributed by atoms with Gasteiger partial charge in [-0.05, 0) is 23.8 Å². The SMILES string of the molecule is CN(C=O)c1ccccc1-c1ccc(O)cc1. The summed E-state index contributed by atoms with van der Waals surface area (Å²) in [6.07, 6.45) is 0.777. The van der Waals surface area contributed by atoms with Crippen molar-refractivity contribution in [3.05, 3.63) is 48.5 Å². The highest BCUT2D eigenvalue weighted by Crippen LogP contribution is 2.30. The number of nitrogens with zero attached hydrogens (tertiary/aromatic N) is 1. The van der Waals surface area contributed by atoms with Crippen molar-refractivity contribution >= 4 is 12.1 Å². The molecule has 0 bridgehead atoms. The molecule has 0 aliphatic heterocycles. The van der Waals surface area contributed by atoms with Gasteiger partial charge < -0.3 is 10.0 Å². The lowest BCUT2D eigenvalue weighted by Gasteiger charge is -2.15. The maximum atomic E-state index is 10.8. The highest BCUT2D eigenvalue weighted by molar-refractivity contribution is 5.86. The highest BCUT2D eigenvalue weighted by Gasteiger charge is 2.07. The standard InChI is InChI=1S/C14H13NO2/c1-15(10-16)14-5-3-2-4-13(14)11-6-8-12(17)9-7-11/h2-10,17H,1H3. The van der Waals surface area contributed by atoms with Gasteiger partial charge >= 0.3 is 0 Å². The van der Waals surface area contributed by atoms with Gasteiger partial charge in [0.2, 0.25) is 6.41 Å². The van der Waals surface area contributed by atoms with Crippen LogP contribution in [0, 0.1) is 0 Å². The van der Waals surface area contributed by atoms with Crippen LogP contribution in [-0.4, -0.2) is 18.6 Å². The number of hydrogen-bond acceptors (Lipinski definition) is 2. The molecule has 17 heavy (non-hydrogen) atoms. The van der Waals surface area contributed by atoms with E-state index < -0.39 is 0 Å². The van der Waals surface area contributed by atoms with Crippen molar-refractivity contribution in [3.8, 4) is 16.9 Å². The first-order valence-corrected chi connectivity index (χ1v) is 5.29. The van der Waals surface area contributed by atoms with Crippen LogP contribution in [0.4, 0.5) is 5.69 Å². The van der Waals surface area contributed by atoms with Crippen LogP contribution in [0.3, 0.4) is 0 Å². The van der Waals surface area contributed by atoms with E-state index in [1.54, 1.807) is 19.2 Å². The molecule has 0 aromatic heterocycles. The average Bonchev–Trinajstić information content (AvgIpc) is 2.39. The average molecular weight is 227 g/mol. The van der Waals surface area contributed by atoms with Crippen molar-refractivity contribution in [1.29, 1.82) is 0 Å². The Labute approximate surface area is 99.9 Å². The van der Waals surface area contributed by atoms with Crippen LogP contribution in [0.15, 0.2) is 48.5 Å². The Morgan fingerprint density at radius 3 is 2.35 bits per heavy atom. The van der Waals surface area contributed by atoms with E-state index in [0.29, 0.717) is 0 Å². The van der Waals surface area contributed by atoms with Crippen molar-refractivity contribution in [3.63, 3.8) is 0 Å². The monoisotopic (exact) mass is 227 g/mol. The summed E-state index contributed by atoms with van der Waals surface area (Å²) in [7, 11) is 1.71. The zero-order valence-electron chi connectivity index (χ0n) is 9.50. The van der Waals surface area contributed by atoms with Crippen LogP contribution in [0.1, 0.15) is 0 Å². The number of benzene rings is 2. The predicted octanol–water partition coefficient (Wildman–Crippen LogP) is 2.65. The van der Waals surface area contributed by atoms with Crippen LogP contribution >= 0.6 is 0 Å². The van der Waals surface area contributed by atoms with Crippen LogP contribution in [0.5, 0.6) is 5.75 Å². The third kappa shape index (κ3) is 2.28. The van der Waals surface area contributed by atoms with E-state index in [4.69, 9.17) is 0 Å². The van der Waals surface area contributed by atoms with E-state index in [1.807, 2.05) is 36.4 Å². The first-order valence-electron chi connectivity index (χ1n) is 5.29. The van der Waals surface area contributed by atoms with Crippen LogP contribution in [0.25, 0.3) is 11.1 Å². The maximum absolute atomic E-state index is 10.8.